The molecule has 1 aliphatic heterocycles. The quantitative estimate of drug-likeness (QED) is 0.737. The van der Waals surface area contributed by atoms with Crippen LogP contribution in [0.5, 0.6) is 5.75 Å². The lowest BCUT2D eigenvalue weighted by Crippen LogP contribution is -2.41. The second kappa shape index (κ2) is 8.61. The fraction of sp³-hybridized carbons (Fsp3) is 0.562. The van der Waals surface area contributed by atoms with Gasteiger partial charge in [-0.2, -0.15) is 0 Å². The molecule has 0 spiro atoms. The van der Waals surface area contributed by atoms with Crippen molar-refractivity contribution < 1.29 is 14.3 Å². The first-order valence-corrected chi connectivity index (χ1v) is 8.32. The molecule has 1 saturated heterocycles. The summed E-state index contributed by atoms with van der Waals surface area (Å²) in [6.45, 7) is 5.33. The smallest absolute Gasteiger partial charge is 0.310 e. The molecule has 1 unspecified atom stereocenters. The third-order valence-electron chi connectivity index (χ3n) is 3.69. The van der Waals surface area contributed by atoms with Crippen molar-refractivity contribution in [2.75, 3.05) is 32.8 Å². The zero-order chi connectivity index (χ0) is 15.9. The van der Waals surface area contributed by atoms with Gasteiger partial charge in [0.1, 0.15) is 12.4 Å². The van der Waals surface area contributed by atoms with E-state index in [2.05, 4.69) is 4.90 Å². The molecule has 0 N–H and O–H groups in total. The number of nitrogens with zero attached hydrogens (tertiary/aromatic N) is 1. The molecule has 4 nitrogen and oxygen atoms in total. The summed E-state index contributed by atoms with van der Waals surface area (Å²) < 4.78 is 10.8. The largest absolute Gasteiger partial charge is 0.492 e. The first-order valence-electron chi connectivity index (χ1n) is 7.57. The zero-order valence-electron chi connectivity index (χ0n) is 12.7. The number of carbonyl (C=O) groups is 1. The van der Waals surface area contributed by atoms with E-state index in [0.717, 1.165) is 32.5 Å². The highest BCUT2D eigenvalue weighted by Gasteiger charge is 2.26. The summed E-state index contributed by atoms with van der Waals surface area (Å²) in [6, 6.07) is 5.23. The number of rotatable bonds is 6. The summed E-state index contributed by atoms with van der Waals surface area (Å²) in [5.41, 5.74) is 0. The highest BCUT2D eigenvalue weighted by Crippen LogP contribution is 2.26. The van der Waals surface area contributed by atoms with Gasteiger partial charge in [-0.15, -0.1) is 0 Å². The molecule has 1 atom stereocenters. The molecule has 0 amide bonds. The SMILES string of the molecule is CCOC(=O)C1CCCN(CCOc2ccc(Cl)c(Cl)c2)C1. The van der Waals surface area contributed by atoms with E-state index in [9.17, 15) is 4.79 Å². The Kier molecular flexibility index (Phi) is 6.80. The molecule has 22 heavy (non-hydrogen) atoms. The Hall–Kier alpha value is -0.970. The van der Waals surface area contributed by atoms with Crippen LogP contribution in [0.3, 0.4) is 0 Å². The fourth-order valence-electron chi connectivity index (χ4n) is 2.57. The van der Waals surface area contributed by atoms with E-state index >= 15 is 0 Å². The summed E-state index contributed by atoms with van der Waals surface area (Å²) >= 11 is 11.8. The summed E-state index contributed by atoms with van der Waals surface area (Å²) in [5.74, 6) is 0.602. The molecule has 0 aromatic heterocycles. The van der Waals surface area contributed by atoms with Crippen LogP contribution < -0.4 is 4.74 Å². The molecular formula is C16H21Cl2NO3. The topological polar surface area (TPSA) is 38.8 Å². The monoisotopic (exact) mass is 345 g/mol. The molecule has 1 fully saturated rings. The molecule has 0 bridgehead atoms. The number of piperidine rings is 1. The maximum atomic E-state index is 11.8. The Morgan fingerprint density at radius 3 is 2.91 bits per heavy atom. The lowest BCUT2D eigenvalue weighted by molar-refractivity contribution is -0.150. The molecule has 1 aromatic rings. The maximum Gasteiger partial charge on any atom is 0.310 e. The van der Waals surface area contributed by atoms with Crippen LogP contribution in [-0.4, -0.2) is 43.7 Å². The molecule has 122 valence electrons. The van der Waals surface area contributed by atoms with E-state index < -0.39 is 0 Å². The molecule has 0 radical (unpaired) electrons. The summed E-state index contributed by atoms with van der Waals surface area (Å²) in [6.07, 6.45) is 1.92. The van der Waals surface area contributed by atoms with Crippen LogP contribution >= 0.6 is 23.2 Å². The van der Waals surface area contributed by atoms with Crippen LogP contribution in [0.15, 0.2) is 18.2 Å². The number of carbonyl (C=O) groups excluding carboxylic acids is 1. The minimum absolute atomic E-state index is 0.0151. The number of likely N-dealkylation sites (tertiary alicyclic amines) is 1. The van der Waals surface area contributed by atoms with Gasteiger partial charge in [0.05, 0.1) is 22.6 Å². The molecule has 1 heterocycles. The van der Waals surface area contributed by atoms with Gasteiger partial charge in [-0.3, -0.25) is 9.69 Å². The second-order valence-corrected chi connectivity index (χ2v) is 6.13. The van der Waals surface area contributed by atoms with Crippen LogP contribution in [0.25, 0.3) is 0 Å². The normalized spacial score (nSPS) is 19.0. The van der Waals surface area contributed by atoms with Crippen LogP contribution in [0, 0.1) is 5.92 Å². The molecular weight excluding hydrogens is 325 g/mol. The molecule has 6 heteroatoms. The van der Waals surface area contributed by atoms with Gasteiger partial charge in [0, 0.05) is 19.2 Å². The first kappa shape index (κ1) is 17.4. The third kappa shape index (κ3) is 5.04. The molecule has 2 rings (SSSR count). The van der Waals surface area contributed by atoms with Crippen molar-refractivity contribution in [2.45, 2.75) is 19.8 Å². The predicted octanol–water partition coefficient (Wildman–Crippen LogP) is 3.65. The Morgan fingerprint density at radius 2 is 2.18 bits per heavy atom. The highest BCUT2D eigenvalue weighted by molar-refractivity contribution is 6.42. The van der Waals surface area contributed by atoms with Crippen molar-refractivity contribution in [3.63, 3.8) is 0 Å². The van der Waals surface area contributed by atoms with Gasteiger partial charge in [-0.1, -0.05) is 23.2 Å². The lowest BCUT2D eigenvalue weighted by Gasteiger charge is -2.31. The summed E-state index contributed by atoms with van der Waals surface area (Å²) in [5, 5.41) is 1.00. The van der Waals surface area contributed by atoms with Crippen LogP contribution in [-0.2, 0) is 9.53 Å². The number of halogens is 2. The van der Waals surface area contributed by atoms with Crippen LogP contribution in [0.1, 0.15) is 19.8 Å². The van der Waals surface area contributed by atoms with Crippen molar-refractivity contribution in [3.8, 4) is 5.75 Å². The maximum absolute atomic E-state index is 11.8. The minimum atomic E-state index is -0.0856. The Labute approximate surface area is 141 Å². The Balaban J connectivity index is 1.76. The second-order valence-electron chi connectivity index (χ2n) is 5.32. The van der Waals surface area contributed by atoms with Crippen molar-refractivity contribution in [3.05, 3.63) is 28.2 Å². The number of esters is 1. The van der Waals surface area contributed by atoms with Gasteiger partial charge in [0.2, 0.25) is 0 Å². The first-order chi connectivity index (χ1) is 10.6. The van der Waals surface area contributed by atoms with Gasteiger partial charge in [0.15, 0.2) is 0 Å². The van der Waals surface area contributed by atoms with Crippen molar-refractivity contribution >= 4 is 29.2 Å². The average molecular weight is 346 g/mol. The Morgan fingerprint density at radius 1 is 1.36 bits per heavy atom. The van der Waals surface area contributed by atoms with Gasteiger partial charge in [-0.25, -0.2) is 0 Å². The third-order valence-corrected chi connectivity index (χ3v) is 4.43. The Bertz CT molecular complexity index is 510. The van der Waals surface area contributed by atoms with Gasteiger partial charge in [0.25, 0.3) is 0 Å². The summed E-state index contributed by atoms with van der Waals surface area (Å²) in [4.78, 5) is 14.0. The standard InChI is InChI=1S/C16H21Cl2NO3/c1-2-21-16(20)12-4-3-7-19(11-12)8-9-22-13-5-6-14(17)15(18)10-13/h5-6,10,12H,2-4,7-9,11H2,1H3. The van der Waals surface area contributed by atoms with Gasteiger partial charge >= 0.3 is 5.97 Å². The van der Waals surface area contributed by atoms with Crippen LogP contribution in [0.2, 0.25) is 10.0 Å². The van der Waals surface area contributed by atoms with E-state index in [0.29, 0.717) is 29.0 Å². The highest BCUT2D eigenvalue weighted by atomic mass is 35.5. The predicted molar refractivity (Wildman–Crippen MR) is 87.8 cm³/mol. The van der Waals surface area contributed by atoms with Crippen LogP contribution in [0.4, 0.5) is 0 Å². The van der Waals surface area contributed by atoms with Gasteiger partial charge < -0.3 is 9.47 Å². The van der Waals surface area contributed by atoms with Crippen molar-refractivity contribution in [1.29, 1.82) is 0 Å². The lowest BCUT2D eigenvalue weighted by atomic mass is 9.98. The minimum Gasteiger partial charge on any atom is -0.492 e. The summed E-state index contributed by atoms with van der Waals surface area (Å²) in [7, 11) is 0. The van der Waals surface area contributed by atoms with Gasteiger partial charge in [-0.05, 0) is 38.4 Å². The molecule has 1 aliphatic rings. The number of hydrogen-bond donors (Lipinski definition) is 0. The number of ether oxygens (including phenoxy) is 2. The molecule has 0 aliphatic carbocycles. The molecule has 0 saturated carbocycles. The van der Waals surface area contributed by atoms with E-state index in [4.69, 9.17) is 32.7 Å². The fourth-order valence-corrected chi connectivity index (χ4v) is 2.86. The number of benzene rings is 1. The van der Waals surface area contributed by atoms with E-state index in [1.807, 2.05) is 6.92 Å². The van der Waals surface area contributed by atoms with E-state index in [1.54, 1.807) is 18.2 Å². The van der Waals surface area contributed by atoms with Crippen molar-refractivity contribution in [1.82, 2.24) is 4.90 Å². The van der Waals surface area contributed by atoms with E-state index in [-0.39, 0.29) is 11.9 Å². The zero-order valence-corrected chi connectivity index (χ0v) is 14.2. The van der Waals surface area contributed by atoms with Crippen molar-refractivity contribution in [2.24, 2.45) is 5.92 Å². The molecule has 1 aromatic carbocycles. The van der Waals surface area contributed by atoms with E-state index in [1.165, 1.54) is 0 Å². The number of hydrogen-bond acceptors (Lipinski definition) is 4. The average Bonchev–Trinajstić information content (AvgIpc) is 2.51.